The summed E-state index contributed by atoms with van der Waals surface area (Å²) in [7, 11) is 0. The second kappa shape index (κ2) is 8.97. The van der Waals surface area contributed by atoms with Gasteiger partial charge in [-0.2, -0.15) is 0 Å². The number of allylic oxidation sites excluding steroid dienone is 1. The number of halogens is 1. The van der Waals surface area contributed by atoms with Crippen molar-refractivity contribution in [2.45, 2.75) is 20.5 Å². The molecule has 5 nitrogen and oxygen atoms in total. The van der Waals surface area contributed by atoms with Gasteiger partial charge in [-0.15, -0.1) is 0 Å². The molecule has 0 heterocycles. The maximum absolute atomic E-state index is 12.4. The molecule has 134 valence electrons. The van der Waals surface area contributed by atoms with Gasteiger partial charge in [-0.05, 0) is 42.0 Å². The summed E-state index contributed by atoms with van der Waals surface area (Å²) < 4.78 is 10.0. The molecule has 26 heavy (non-hydrogen) atoms. The fourth-order valence-corrected chi connectivity index (χ4v) is 2.25. The molecule has 0 aliphatic rings. The van der Waals surface area contributed by atoms with Crippen LogP contribution in [0.25, 0.3) is 6.08 Å². The molecule has 6 heteroatoms. The van der Waals surface area contributed by atoms with E-state index in [1.807, 2.05) is 0 Å². The van der Waals surface area contributed by atoms with Crippen LogP contribution in [0.1, 0.15) is 35.3 Å². The molecule has 2 aromatic rings. The minimum atomic E-state index is -0.504. The van der Waals surface area contributed by atoms with Crippen molar-refractivity contribution in [3.63, 3.8) is 0 Å². The topological polar surface area (TPSA) is 69.7 Å². The maximum Gasteiger partial charge on any atom is 0.308 e. The Morgan fingerprint density at radius 2 is 1.69 bits per heavy atom. The zero-order chi connectivity index (χ0) is 19.1. The molecular weight excluding hydrogens is 356 g/mol. The van der Waals surface area contributed by atoms with Crippen LogP contribution in [-0.2, 0) is 20.9 Å². The average Bonchev–Trinajstić information content (AvgIpc) is 2.59. The fraction of sp³-hybridized carbons (Fsp3) is 0.150. The monoisotopic (exact) mass is 372 g/mol. The van der Waals surface area contributed by atoms with Crippen molar-refractivity contribution in [1.82, 2.24) is 0 Å². The number of hydrogen-bond donors (Lipinski definition) is 0. The second-order valence-corrected chi connectivity index (χ2v) is 5.88. The SMILES string of the molecule is CC(=O)OCc1cc(C(=O)/C=C/c2ccc(Cl)cc2)ccc1OC(C)=O. The highest BCUT2D eigenvalue weighted by Gasteiger charge is 2.12. The van der Waals surface area contributed by atoms with Crippen molar-refractivity contribution in [2.75, 3.05) is 0 Å². The third-order valence-corrected chi connectivity index (χ3v) is 3.58. The van der Waals surface area contributed by atoms with E-state index >= 15 is 0 Å². The zero-order valence-electron chi connectivity index (χ0n) is 14.3. The Labute approximate surface area is 156 Å². The number of esters is 2. The summed E-state index contributed by atoms with van der Waals surface area (Å²) in [5.41, 5.74) is 1.65. The molecule has 0 bridgehead atoms. The molecule has 0 radical (unpaired) electrons. The van der Waals surface area contributed by atoms with Crippen molar-refractivity contribution in [2.24, 2.45) is 0 Å². The van der Waals surface area contributed by atoms with E-state index in [2.05, 4.69) is 0 Å². The highest BCUT2D eigenvalue weighted by atomic mass is 35.5. The summed E-state index contributed by atoms with van der Waals surface area (Å²) in [6, 6.07) is 11.6. The predicted molar refractivity (Wildman–Crippen MR) is 98.0 cm³/mol. The van der Waals surface area contributed by atoms with Gasteiger partial charge in [0.1, 0.15) is 12.4 Å². The average molecular weight is 373 g/mol. The number of ketones is 1. The molecule has 0 saturated carbocycles. The van der Waals surface area contributed by atoms with Gasteiger partial charge in [0.2, 0.25) is 0 Å². The van der Waals surface area contributed by atoms with Crippen molar-refractivity contribution < 1.29 is 23.9 Å². The molecule has 0 aliphatic carbocycles. The lowest BCUT2D eigenvalue weighted by Crippen LogP contribution is -2.07. The Kier molecular flexibility index (Phi) is 6.69. The minimum absolute atomic E-state index is 0.0973. The molecule has 0 unspecified atom stereocenters. The van der Waals surface area contributed by atoms with Crippen LogP contribution in [0.5, 0.6) is 5.75 Å². The number of carbonyl (C=O) groups is 3. The number of carbonyl (C=O) groups excluding carboxylic acids is 3. The molecule has 0 aromatic heterocycles. The van der Waals surface area contributed by atoms with E-state index < -0.39 is 11.9 Å². The summed E-state index contributed by atoms with van der Waals surface area (Å²) >= 11 is 5.83. The number of benzene rings is 2. The van der Waals surface area contributed by atoms with Gasteiger partial charge in [0, 0.05) is 30.0 Å². The smallest absolute Gasteiger partial charge is 0.308 e. The minimum Gasteiger partial charge on any atom is -0.461 e. The van der Waals surface area contributed by atoms with Crippen molar-refractivity contribution in [3.8, 4) is 5.75 Å². The van der Waals surface area contributed by atoms with Crippen LogP contribution in [-0.4, -0.2) is 17.7 Å². The molecule has 0 aliphatic heterocycles. The lowest BCUT2D eigenvalue weighted by atomic mass is 10.1. The van der Waals surface area contributed by atoms with Crippen LogP contribution >= 0.6 is 11.6 Å². The van der Waals surface area contributed by atoms with Gasteiger partial charge in [-0.3, -0.25) is 14.4 Å². The first-order valence-corrected chi connectivity index (χ1v) is 8.15. The van der Waals surface area contributed by atoms with Crippen molar-refractivity contribution in [3.05, 3.63) is 70.3 Å². The Balaban J connectivity index is 2.22. The van der Waals surface area contributed by atoms with Gasteiger partial charge in [0.15, 0.2) is 5.78 Å². The summed E-state index contributed by atoms with van der Waals surface area (Å²) in [5.74, 6) is -0.968. The van der Waals surface area contributed by atoms with Gasteiger partial charge >= 0.3 is 11.9 Å². The van der Waals surface area contributed by atoms with Crippen LogP contribution in [0.3, 0.4) is 0 Å². The predicted octanol–water partition coefficient (Wildman–Crippen LogP) is 4.22. The Morgan fingerprint density at radius 3 is 2.31 bits per heavy atom. The van der Waals surface area contributed by atoms with E-state index in [-0.39, 0.29) is 18.1 Å². The molecule has 0 saturated heterocycles. The fourth-order valence-electron chi connectivity index (χ4n) is 2.12. The van der Waals surface area contributed by atoms with Crippen LogP contribution < -0.4 is 4.74 Å². The number of rotatable bonds is 6. The van der Waals surface area contributed by atoms with E-state index in [9.17, 15) is 14.4 Å². The Hall–Kier alpha value is -2.92. The normalized spacial score (nSPS) is 10.6. The van der Waals surface area contributed by atoms with Gasteiger partial charge < -0.3 is 9.47 Å². The first-order chi connectivity index (χ1) is 12.3. The Morgan fingerprint density at radius 1 is 1.00 bits per heavy atom. The van der Waals surface area contributed by atoms with E-state index in [1.165, 1.54) is 32.1 Å². The zero-order valence-corrected chi connectivity index (χ0v) is 15.1. The highest BCUT2D eigenvalue weighted by molar-refractivity contribution is 6.30. The molecular formula is C20H17ClO5. The van der Waals surface area contributed by atoms with Gasteiger partial charge in [-0.1, -0.05) is 29.8 Å². The lowest BCUT2D eigenvalue weighted by molar-refractivity contribution is -0.142. The van der Waals surface area contributed by atoms with E-state index in [0.717, 1.165) is 5.56 Å². The lowest BCUT2D eigenvalue weighted by Gasteiger charge is -2.10. The number of hydrogen-bond acceptors (Lipinski definition) is 5. The first kappa shape index (κ1) is 19.4. The van der Waals surface area contributed by atoms with Gasteiger partial charge in [0.05, 0.1) is 0 Å². The van der Waals surface area contributed by atoms with Crippen LogP contribution in [0.2, 0.25) is 5.02 Å². The third kappa shape index (κ3) is 5.86. The summed E-state index contributed by atoms with van der Waals surface area (Å²) in [6.07, 6.45) is 3.10. The second-order valence-electron chi connectivity index (χ2n) is 5.45. The van der Waals surface area contributed by atoms with Crippen LogP contribution in [0.4, 0.5) is 0 Å². The van der Waals surface area contributed by atoms with E-state index in [1.54, 1.807) is 36.4 Å². The standard InChI is InChI=1S/C20H17ClO5/c1-13(22)25-12-17-11-16(6-10-20(17)26-14(2)23)19(24)9-5-15-3-7-18(21)8-4-15/h3-11H,12H2,1-2H3/b9-5+. The van der Waals surface area contributed by atoms with E-state index in [0.29, 0.717) is 16.1 Å². The summed E-state index contributed by atoms with van der Waals surface area (Å²) in [6.45, 7) is 2.44. The molecule has 0 atom stereocenters. The molecule has 2 aromatic carbocycles. The molecule has 0 spiro atoms. The number of ether oxygens (including phenoxy) is 2. The van der Waals surface area contributed by atoms with Gasteiger partial charge in [-0.25, -0.2) is 0 Å². The Bertz CT molecular complexity index is 853. The quantitative estimate of drug-likeness (QED) is 0.328. The molecule has 0 amide bonds. The molecule has 0 fully saturated rings. The summed E-state index contributed by atoms with van der Waals surface area (Å²) in [4.78, 5) is 34.6. The first-order valence-electron chi connectivity index (χ1n) is 7.78. The summed E-state index contributed by atoms with van der Waals surface area (Å²) in [5, 5.41) is 0.615. The maximum atomic E-state index is 12.4. The van der Waals surface area contributed by atoms with E-state index in [4.69, 9.17) is 21.1 Å². The highest BCUT2D eigenvalue weighted by Crippen LogP contribution is 2.22. The molecule has 0 N–H and O–H groups in total. The van der Waals surface area contributed by atoms with Crippen LogP contribution in [0, 0.1) is 0 Å². The van der Waals surface area contributed by atoms with Gasteiger partial charge in [0.25, 0.3) is 0 Å². The largest absolute Gasteiger partial charge is 0.461 e. The molecule has 2 rings (SSSR count). The third-order valence-electron chi connectivity index (χ3n) is 3.33. The van der Waals surface area contributed by atoms with Crippen molar-refractivity contribution >= 4 is 35.4 Å². The van der Waals surface area contributed by atoms with Crippen LogP contribution in [0.15, 0.2) is 48.5 Å². The van der Waals surface area contributed by atoms with Crippen molar-refractivity contribution in [1.29, 1.82) is 0 Å².